The Morgan fingerprint density at radius 1 is 1.28 bits per heavy atom. The van der Waals surface area contributed by atoms with Crippen LogP contribution in [0.4, 0.5) is 14.9 Å². The van der Waals surface area contributed by atoms with Crippen molar-refractivity contribution in [2.45, 2.75) is 18.6 Å². The average Bonchev–Trinajstić information content (AvgIpc) is 2.63. The minimum atomic E-state index is -0.683. The number of halogens is 1. The lowest BCUT2D eigenvalue weighted by molar-refractivity contribution is -0.00427. The number of rotatable bonds is 4. The van der Waals surface area contributed by atoms with Crippen molar-refractivity contribution in [3.63, 3.8) is 0 Å². The summed E-state index contributed by atoms with van der Waals surface area (Å²) in [5.74, 6) is -0.407. The fourth-order valence-electron chi connectivity index (χ4n) is 2.95. The molecule has 5 nitrogen and oxygen atoms in total. The standard InChI is InChI=1S/C19H21FN2O3/c20-15-7-4-8-16(11-15)21-19(24)22-9-10-25-13-17(22)12-18(23)14-5-2-1-3-6-14/h1-8,11,17-18,23H,9-10,12-13H2,(H,21,24)/t17-,18+/m1/s1. The van der Waals surface area contributed by atoms with Gasteiger partial charge in [-0.1, -0.05) is 36.4 Å². The highest BCUT2D eigenvalue weighted by atomic mass is 19.1. The van der Waals surface area contributed by atoms with Crippen LogP contribution in [0.1, 0.15) is 18.1 Å². The molecule has 2 N–H and O–H groups in total. The topological polar surface area (TPSA) is 61.8 Å². The molecule has 2 aromatic rings. The molecule has 0 spiro atoms. The maximum atomic E-state index is 13.3. The molecule has 132 valence electrons. The molecule has 0 aromatic heterocycles. The molecule has 3 rings (SSSR count). The lowest BCUT2D eigenvalue weighted by Crippen LogP contribution is -2.50. The molecule has 1 aliphatic heterocycles. The van der Waals surface area contributed by atoms with Crippen molar-refractivity contribution in [2.24, 2.45) is 0 Å². The van der Waals surface area contributed by atoms with Crippen LogP contribution in [-0.2, 0) is 4.74 Å². The first kappa shape index (κ1) is 17.4. The molecule has 0 aliphatic carbocycles. The number of benzene rings is 2. The van der Waals surface area contributed by atoms with Crippen LogP contribution in [0.3, 0.4) is 0 Å². The number of carbonyl (C=O) groups is 1. The number of urea groups is 1. The van der Waals surface area contributed by atoms with E-state index in [1.165, 1.54) is 12.1 Å². The second kappa shape index (κ2) is 8.09. The monoisotopic (exact) mass is 344 g/mol. The minimum Gasteiger partial charge on any atom is -0.388 e. The Balaban J connectivity index is 1.67. The maximum absolute atomic E-state index is 13.3. The number of morpholine rings is 1. The number of hydrogen-bond donors (Lipinski definition) is 2. The molecule has 1 heterocycles. The van der Waals surface area contributed by atoms with Gasteiger partial charge >= 0.3 is 6.03 Å². The number of nitrogens with zero attached hydrogens (tertiary/aromatic N) is 1. The number of aliphatic hydroxyl groups is 1. The fourth-order valence-corrected chi connectivity index (χ4v) is 2.95. The number of anilines is 1. The molecule has 6 heteroatoms. The van der Waals surface area contributed by atoms with Gasteiger partial charge in [-0.05, 0) is 23.8 Å². The first-order valence-corrected chi connectivity index (χ1v) is 8.27. The number of hydrogen-bond acceptors (Lipinski definition) is 3. The van der Waals surface area contributed by atoms with Crippen LogP contribution in [0.25, 0.3) is 0 Å². The first-order chi connectivity index (χ1) is 12.1. The third-order valence-corrected chi connectivity index (χ3v) is 4.24. The lowest BCUT2D eigenvalue weighted by Gasteiger charge is -2.36. The largest absolute Gasteiger partial charge is 0.388 e. The van der Waals surface area contributed by atoms with Crippen molar-refractivity contribution >= 4 is 11.7 Å². The second-order valence-corrected chi connectivity index (χ2v) is 6.02. The summed E-state index contributed by atoms with van der Waals surface area (Å²) in [6.07, 6.45) is -0.307. The van der Waals surface area contributed by atoms with E-state index < -0.39 is 11.9 Å². The third-order valence-electron chi connectivity index (χ3n) is 4.24. The molecule has 2 atom stereocenters. The minimum absolute atomic E-state index is 0.252. The molecule has 2 aromatic carbocycles. The van der Waals surface area contributed by atoms with Gasteiger partial charge in [-0.3, -0.25) is 0 Å². The van der Waals surface area contributed by atoms with Crippen LogP contribution < -0.4 is 5.32 Å². The van der Waals surface area contributed by atoms with Gasteiger partial charge in [-0.2, -0.15) is 0 Å². The molecule has 1 saturated heterocycles. The van der Waals surface area contributed by atoms with Gasteiger partial charge in [0.2, 0.25) is 0 Å². The van der Waals surface area contributed by atoms with Crippen molar-refractivity contribution in [1.82, 2.24) is 4.90 Å². The molecule has 0 unspecified atom stereocenters. The Labute approximate surface area is 146 Å². The van der Waals surface area contributed by atoms with Gasteiger partial charge in [0.15, 0.2) is 0 Å². The van der Waals surface area contributed by atoms with Crippen molar-refractivity contribution in [3.8, 4) is 0 Å². The van der Waals surface area contributed by atoms with E-state index in [4.69, 9.17) is 4.74 Å². The van der Waals surface area contributed by atoms with Gasteiger partial charge < -0.3 is 20.1 Å². The van der Waals surface area contributed by atoms with E-state index in [-0.39, 0.29) is 12.1 Å². The number of carbonyl (C=O) groups excluding carboxylic acids is 1. The third kappa shape index (κ3) is 4.55. The highest BCUT2D eigenvalue weighted by Gasteiger charge is 2.29. The summed E-state index contributed by atoms with van der Waals surface area (Å²) in [5.41, 5.74) is 1.21. The van der Waals surface area contributed by atoms with Gasteiger partial charge in [0, 0.05) is 18.7 Å². The summed E-state index contributed by atoms with van der Waals surface area (Å²) in [5, 5.41) is 13.1. The summed E-state index contributed by atoms with van der Waals surface area (Å²) in [6.45, 7) is 1.22. The van der Waals surface area contributed by atoms with Crippen molar-refractivity contribution in [1.29, 1.82) is 0 Å². The van der Waals surface area contributed by atoms with E-state index in [2.05, 4.69) is 5.32 Å². The van der Waals surface area contributed by atoms with E-state index in [1.54, 1.807) is 17.0 Å². The van der Waals surface area contributed by atoms with Crippen molar-refractivity contribution in [3.05, 3.63) is 66.0 Å². The summed E-state index contributed by atoms with van der Waals surface area (Å²) in [7, 11) is 0. The summed E-state index contributed by atoms with van der Waals surface area (Å²) in [6, 6.07) is 14.5. The van der Waals surface area contributed by atoms with Gasteiger partial charge in [0.05, 0.1) is 25.4 Å². The van der Waals surface area contributed by atoms with E-state index in [1.807, 2.05) is 30.3 Å². The SMILES string of the molecule is O=C(Nc1cccc(F)c1)N1CCOC[C@H]1C[C@H](O)c1ccccc1. The van der Waals surface area contributed by atoms with Gasteiger partial charge in [0.1, 0.15) is 5.82 Å². The highest BCUT2D eigenvalue weighted by Crippen LogP contribution is 2.23. The molecule has 0 saturated carbocycles. The first-order valence-electron chi connectivity index (χ1n) is 8.27. The molecule has 0 bridgehead atoms. The molecule has 2 amide bonds. The number of ether oxygens (including phenoxy) is 1. The second-order valence-electron chi connectivity index (χ2n) is 6.02. The van der Waals surface area contributed by atoms with Crippen molar-refractivity contribution in [2.75, 3.05) is 25.1 Å². The summed E-state index contributed by atoms with van der Waals surface area (Å²) < 4.78 is 18.8. The van der Waals surface area contributed by atoms with E-state index >= 15 is 0 Å². The fraction of sp³-hybridized carbons (Fsp3) is 0.316. The lowest BCUT2D eigenvalue weighted by atomic mass is 10.0. The highest BCUT2D eigenvalue weighted by molar-refractivity contribution is 5.89. The summed E-state index contributed by atoms with van der Waals surface area (Å²) >= 11 is 0. The molecular weight excluding hydrogens is 323 g/mol. The maximum Gasteiger partial charge on any atom is 0.322 e. The van der Waals surface area contributed by atoms with Crippen LogP contribution in [0.2, 0.25) is 0 Å². The Morgan fingerprint density at radius 2 is 2.08 bits per heavy atom. The smallest absolute Gasteiger partial charge is 0.322 e. The number of aliphatic hydroxyl groups excluding tert-OH is 1. The molecule has 25 heavy (non-hydrogen) atoms. The Morgan fingerprint density at radius 3 is 2.84 bits per heavy atom. The zero-order chi connectivity index (χ0) is 17.6. The molecular formula is C19H21FN2O3. The average molecular weight is 344 g/mol. The predicted octanol–water partition coefficient (Wildman–Crippen LogP) is 3.18. The van der Waals surface area contributed by atoms with Crippen LogP contribution in [0.5, 0.6) is 0 Å². The molecule has 0 radical (unpaired) electrons. The number of amides is 2. The van der Waals surface area contributed by atoms with Gasteiger partial charge in [-0.15, -0.1) is 0 Å². The Bertz CT molecular complexity index is 711. The normalized spacial score (nSPS) is 18.6. The van der Waals surface area contributed by atoms with E-state index in [9.17, 15) is 14.3 Å². The molecule has 1 aliphatic rings. The van der Waals surface area contributed by atoms with Gasteiger partial charge in [-0.25, -0.2) is 9.18 Å². The van der Waals surface area contributed by atoms with Crippen LogP contribution >= 0.6 is 0 Å². The quantitative estimate of drug-likeness (QED) is 0.895. The van der Waals surface area contributed by atoms with Crippen LogP contribution in [0.15, 0.2) is 54.6 Å². The zero-order valence-electron chi connectivity index (χ0n) is 13.8. The Hall–Kier alpha value is -2.44. The Kier molecular flexibility index (Phi) is 5.63. The van der Waals surface area contributed by atoms with Gasteiger partial charge in [0.25, 0.3) is 0 Å². The van der Waals surface area contributed by atoms with Crippen LogP contribution in [0, 0.1) is 5.82 Å². The zero-order valence-corrected chi connectivity index (χ0v) is 13.8. The van der Waals surface area contributed by atoms with E-state index in [0.717, 1.165) is 5.56 Å². The number of nitrogens with one attached hydrogen (secondary N) is 1. The molecule has 1 fully saturated rings. The van der Waals surface area contributed by atoms with Crippen LogP contribution in [-0.4, -0.2) is 41.8 Å². The van der Waals surface area contributed by atoms with E-state index in [0.29, 0.717) is 31.9 Å². The summed E-state index contributed by atoms with van der Waals surface area (Å²) in [4.78, 5) is 14.2. The van der Waals surface area contributed by atoms with Crippen molar-refractivity contribution < 1.29 is 19.0 Å². The predicted molar refractivity (Wildman–Crippen MR) is 92.8 cm³/mol.